The molecule has 0 saturated heterocycles. The monoisotopic (exact) mass is 367 g/mol. The van der Waals surface area contributed by atoms with Crippen molar-refractivity contribution in [2.24, 2.45) is 0 Å². The number of methoxy groups -OCH3 is 1. The van der Waals surface area contributed by atoms with E-state index in [0.29, 0.717) is 16.7 Å². The number of hydrogen-bond acceptors (Lipinski definition) is 6. The van der Waals surface area contributed by atoms with Crippen LogP contribution in [0.25, 0.3) is 11.0 Å². The molecule has 2 aromatic carbocycles. The van der Waals surface area contributed by atoms with Crippen LogP contribution in [0, 0.1) is 0 Å². The molecule has 0 aliphatic carbocycles. The molecule has 8 heteroatoms. The first-order chi connectivity index (χ1) is 13.0. The normalized spacial score (nSPS) is 10.3. The van der Waals surface area contributed by atoms with E-state index in [1.165, 1.54) is 13.2 Å². The summed E-state index contributed by atoms with van der Waals surface area (Å²) in [5, 5.41) is 8.58. The first kappa shape index (κ1) is 18.0. The van der Waals surface area contributed by atoms with E-state index in [9.17, 15) is 14.4 Å². The van der Waals surface area contributed by atoms with Gasteiger partial charge in [-0.15, -0.1) is 0 Å². The van der Waals surface area contributed by atoms with Crippen LogP contribution in [0.5, 0.6) is 0 Å². The van der Waals surface area contributed by atoms with Crippen LogP contribution >= 0.6 is 0 Å². The molecule has 3 aromatic rings. The quantitative estimate of drug-likeness (QED) is 0.482. The lowest BCUT2D eigenvalue weighted by molar-refractivity contribution is 0.0602. The van der Waals surface area contributed by atoms with Crippen LogP contribution in [0.3, 0.4) is 0 Å². The van der Waals surface area contributed by atoms with Crippen LogP contribution in [0.2, 0.25) is 0 Å². The Labute approximate surface area is 154 Å². The summed E-state index contributed by atoms with van der Waals surface area (Å²) in [5.41, 5.74) is 0.526. The summed E-state index contributed by atoms with van der Waals surface area (Å²) in [6, 6.07) is 12.6. The van der Waals surface area contributed by atoms with Crippen molar-refractivity contribution in [2.75, 3.05) is 30.1 Å². The molecule has 27 heavy (non-hydrogen) atoms. The molecule has 1 heterocycles. The number of benzene rings is 2. The first-order valence-corrected chi connectivity index (χ1v) is 8.04. The van der Waals surface area contributed by atoms with Crippen LogP contribution in [0.1, 0.15) is 10.4 Å². The third kappa shape index (κ3) is 3.59. The Bertz CT molecular complexity index is 1070. The van der Waals surface area contributed by atoms with Crippen molar-refractivity contribution in [1.29, 1.82) is 0 Å². The molecule has 1 aromatic heterocycles. The molecule has 2 amide bonds. The van der Waals surface area contributed by atoms with Crippen molar-refractivity contribution in [3.63, 3.8) is 0 Å². The van der Waals surface area contributed by atoms with Gasteiger partial charge in [-0.2, -0.15) is 0 Å². The SMILES string of the molecule is CNc1c(NC(=O)Nc2ccccc2C(=O)OC)c(=O)oc2ccccc12. The summed E-state index contributed by atoms with van der Waals surface area (Å²) in [5.74, 6) is -0.591. The second kappa shape index (κ2) is 7.61. The van der Waals surface area contributed by atoms with Gasteiger partial charge in [-0.25, -0.2) is 14.4 Å². The Kier molecular flexibility index (Phi) is 5.07. The number of amides is 2. The number of para-hydroxylation sites is 2. The number of carbonyl (C=O) groups is 2. The molecule has 0 fully saturated rings. The standard InChI is InChI=1S/C19H17N3O5/c1-20-15-12-8-4-6-10-14(12)27-18(24)16(15)22-19(25)21-13-9-5-3-7-11(13)17(23)26-2/h3-10,20H,1-2H3,(H2,21,22,25). The van der Waals surface area contributed by atoms with Gasteiger partial charge in [0.25, 0.3) is 0 Å². The Morgan fingerprint density at radius 3 is 2.41 bits per heavy atom. The van der Waals surface area contributed by atoms with E-state index in [1.54, 1.807) is 49.5 Å². The number of fused-ring (bicyclic) bond motifs is 1. The minimum Gasteiger partial charge on any atom is -0.465 e. The average Bonchev–Trinajstić information content (AvgIpc) is 2.68. The number of carbonyl (C=O) groups excluding carboxylic acids is 2. The highest BCUT2D eigenvalue weighted by atomic mass is 16.5. The number of nitrogens with one attached hydrogen (secondary N) is 3. The number of rotatable bonds is 4. The van der Waals surface area contributed by atoms with Gasteiger partial charge in [0.15, 0.2) is 5.69 Å². The van der Waals surface area contributed by atoms with Crippen molar-refractivity contribution in [3.8, 4) is 0 Å². The minimum absolute atomic E-state index is 0.0377. The summed E-state index contributed by atoms with van der Waals surface area (Å²) >= 11 is 0. The van der Waals surface area contributed by atoms with E-state index in [0.717, 1.165) is 0 Å². The van der Waals surface area contributed by atoms with Crippen LogP contribution < -0.4 is 21.6 Å². The Morgan fingerprint density at radius 2 is 1.67 bits per heavy atom. The molecule has 0 saturated carbocycles. The van der Waals surface area contributed by atoms with Crippen LogP contribution in [0.15, 0.2) is 57.7 Å². The number of ether oxygens (including phenoxy) is 1. The van der Waals surface area contributed by atoms with Gasteiger partial charge in [-0.05, 0) is 24.3 Å². The summed E-state index contributed by atoms with van der Waals surface area (Å²) in [6.07, 6.45) is 0. The molecule has 0 spiro atoms. The van der Waals surface area contributed by atoms with Crippen molar-refractivity contribution in [1.82, 2.24) is 0 Å². The number of hydrogen-bond donors (Lipinski definition) is 3. The third-order valence-electron chi connectivity index (χ3n) is 3.88. The Hall–Kier alpha value is -3.81. The maximum atomic E-state index is 12.4. The van der Waals surface area contributed by atoms with Gasteiger partial charge in [0.05, 0.1) is 24.0 Å². The lowest BCUT2D eigenvalue weighted by atomic mass is 10.2. The smallest absolute Gasteiger partial charge is 0.362 e. The zero-order valence-electron chi connectivity index (χ0n) is 14.7. The Balaban J connectivity index is 1.93. The molecule has 0 unspecified atom stereocenters. The van der Waals surface area contributed by atoms with E-state index < -0.39 is 17.6 Å². The molecular weight excluding hydrogens is 350 g/mol. The van der Waals surface area contributed by atoms with Crippen molar-refractivity contribution in [3.05, 3.63) is 64.5 Å². The Morgan fingerprint density at radius 1 is 0.963 bits per heavy atom. The second-order valence-corrected chi connectivity index (χ2v) is 5.50. The number of anilines is 3. The van der Waals surface area contributed by atoms with Gasteiger partial charge in [-0.1, -0.05) is 24.3 Å². The predicted molar refractivity (Wildman–Crippen MR) is 102 cm³/mol. The third-order valence-corrected chi connectivity index (χ3v) is 3.88. The largest absolute Gasteiger partial charge is 0.465 e. The molecule has 0 aliphatic heterocycles. The van der Waals surface area contributed by atoms with Crippen molar-refractivity contribution < 1.29 is 18.7 Å². The van der Waals surface area contributed by atoms with Gasteiger partial charge >= 0.3 is 17.6 Å². The zero-order chi connectivity index (χ0) is 19.4. The van der Waals surface area contributed by atoms with E-state index in [4.69, 9.17) is 9.15 Å². The van der Waals surface area contributed by atoms with Crippen LogP contribution in [-0.2, 0) is 4.74 Å². The number of esters is 1. The van der Waals surface area contributed by atoms with Crippen LogP contribution in [0.4, 0.5) is 21.9 Å². The lowest BCUT2D eigenvalue weighted by Gasteiger charge is -2.13. The summed E-state index contributed by atoms with van der Waals surface area (Å²) in [7, 11) is 2.88. The maximum Gasteiger partial charge on any atom is 0.362 e. The van der Waals surface area contributed by atoms with E-state index in [1.807, 2.05) is 0 Å². The molecule has 3 N–H and O–H groups in total. The van der Waals surface area contributed by atoms with Gasteiger partial charge in [0.1, 0.15) is 5.58 Å². The van der Waals surface area contributed by atoms with E-state index >= 15 is 0 Å². The van der Waals surface area contributed by atoms with Crippen LogP contribution in [-0.4, -0.2) is 26.2 Å². The molecule has 0 bridgehead atoms. The summed E-state index contributed by atoms with van der Waals surface area (Å²) in [4.78, 5) is 36.5. The minimum atomic E-state index is -0.703. The average molecular weight is 367 g/mol. The van der Waals surface area contributed by atoms with Gasteiger partial charge in [0, 0.05) is 12.4 Å². The van der Waals surface area contributed by atoms with Crippen molar-refractivity contribution in [2.45, 2.75) is 0 Å². The highest BCUT2D eigenvalue weighted by Crippen LogP contribution is 2.28. The fraction of sp³-hybridized carbons (Fsp3) is 0.105. The second-order valence-electron chi connectivity index (χ2n) is 5.50. The summed E-state index contributed by atoms with van der Waals surface area (Å²) < 4.78 is 9.95. The van der Waals surface area contributed by atoms with Gasteiger partial charge in [-0.3, -0.25) is 5.32 Å². The fourth-order valence-electron chi connectivity index (χ4n) is 2.67. The first-order valence-electron chi connectivity index (χ1n) is 8.04. The molecular formula is C19H17N3O5. The zero-order valence-corrected chi connectivity index (χ0v) is 14.7. The molecule has 3 rings (SSSR count). The molecule has 138 valence electrons. The number of urea groups is 1. The molecule has 0 atom stereocenters. The molecule has 8 nitrogen and oxygen atoms in total. The highest BCUT2D eigenvalue weighted by molar-refractivity contribution is 6.08. The van der Waals surface area contributed by atoms with Crippen molar-refractivity contribution >= 4 is 40.0 Å². The molecule has 0 radical (unpaired) electrons. The van der Waals surface area contributed by atoms with E-state index in [-0.39, 0.29) is 16.9 Å². The maximum absolute atomic E-state index is 12.4. The predicted octanol–water partition coefficient (Wildman–Crippen LogP) is 3.27. The van der Waals surface area contributed by atoms with Gasteiger partial charge < -0.3 is 19.8 Å². The lowest BCUT2D eigenvalue weighted by Crippen LogP contribution is -2.25. The summed E-state index contributed by atoms with van der Waals surface area (Å²) in [6.45, 7) is 0. The molecule has 0 aliphatic rings. The highest BCUT2D eigenvalue weighted by Gasteiger charge is 2.18. The van der Waals surface area contributed by atoms with Gasteiger partial charge in [0.2, 0.25) is 0 Å². The topological polar surface area (TPSA) is 110 Å². The fourth-order valence-corrected chi connectivity index (χ4v) is 2.67. The van der Waals surface area contributed by atoms with E-state index in [2.05, 4.69) is 16.0 Å².